The van der Waals surface area contributed by atoms with Crippen molar-refractivity contribution in [1.82, 2.24) is 9.97 Å². The molecule has 148 valence electrons. The molecule has 2 aromatic carbocycles. The number of benzene rings is 2. The highest BCUT2D eigenvalue weighted by molar-refractivity contribution is 5.93. The maximum Gasteiger partial charge on any atom is 0.231 e. The van der Waals surface area contributed by atoms with Crippen molar-refractivity contribution in [2.75, 3.05) is 24.8 Å². The standard InChI is InChI=1S/C22H22N4O3/c1-13-9-16(3-5-18(13)19-7-8-24-22(23)26-19)25-21(27)15-10-14-11-17(28-2)4-6-20(14)29-12-15/h3-9,11,15H,10,12H2,1-2H3,(H,25,27)(H2,23,24,26). The van der Waals surface area contributed by atoms with Crippen molar-refractivity contribution in [2.24, 2.45) is 5.92 Å². The van der Waals surface area contributed by atoms with Gasteiger partial charge in [-0.3, -0.25) is 4.79 Å². The van der Waals surface area contributed by atoms with E-state index in [1.165, 1.54) is 0 Å². The molecule has 0 saturated heterocycles. The molecule has 0 fully saturated rings. The molecule has 0 radical (unpaired) electrons. The number of nitrogen functional groups attached to an aromatic ring is 1. The molecule has 0 aliphatic carbocycles. The van der Waals surface area contributed by atoms with Gasteiger partial charge in [0.25, 0.3) is 0 Å². The minimum absolute atomic E-state index is 0.0723. The van der Waals surface area contributed by atoms with E-state index in [-0.39, 0.29) is 17.8 Å². The van der Waals surface area contributed by atoms with Crippen molar-refractivity contribution in [1.29, 1.82) is 0 Å². The molecule has 2 heterocycles. The summed E-state index contributed by atoms with van der Waals surface area (Å²) >= 11 is 0. The van der Waals surface area contributed by atoms with Crippen molar-refractivity contribution in [3.8, 4) is 22.8 Å². The molecule has 0 spiro atoms. The highest BCUT2D eigenvalue weighted by atomic mass is 16.5. The SMILES string of the molecule is COc1ccc2c(c1)CC(C(=O)Nc1ccc(-c3ccnc(N)n3)c(C)c1)CO2. The molecule has 1 atom stereocenters. The summed E-state index contributed by atoms with van der Waals surface area (Å²) in [5.74, 6) is 1.45. The van der Waals surface area contributed by atoms with Gasteiger partial charge in [-0.1, -0.05) is 6.07 Å². The number of carbonyl (C=O) groups excluding carboxylic acids is 1. The number of nitrogens with one attached hydrogen (secondary N) is 1. The number of aryl methyl sites for hydroxylation is 1. The molecule has 1 unspecified atom stereocenters. The first-order valence-corrected chi connectivity index (χ1v) is 9.33. The van der Waals surface area contributed by atoms with Crippen LogP contribution >= 0.6 is 0 Å². The zero-order valence-corrected chi connectivity index (χ0v) is 16.3. The number of ether oxygens (including phenoxy) is 2. The van der Waals surface area contributed by atoms with Crippen LogP contribution in [-0.4, -0.2) is 29.6 Å². The first-order chi connectivity index (χ1) is 14.0. The zero-order valence-electron chi connectivity index (χ0n) is 16.3. The first-order valence-electron chi connectivity index (χ1n) is 9.33. The average molecular weight is 390 g/mol. The Morgan fingerprint density at radius 3 is 2.86 bits per heavy atom. The fraction of sp³-hybridized carbons (Fsp3) is 0.227. The van der Waals surface area contributed by atoms with Crippen molar-refractivity contribution in [3.63, 3.8) is 0 Å². The number of nitrogens with zero attached hydrogens (tertiary/aromatic N) is 2. The van der Waals surface area contributed by atoms with Crippen molar-refractivity contribution in [2.45, 2.75) is 13.3 Å². The topological polar surface area (TPSA) is 99.4 Å². The van der Waals surface area contributed by atoms with Crippen LogP contribution in [0.15, 0.2) is 48.7 Å². The summed E-state index contributed by atoms with van der Waals surface area (Å²) in [6, 6.07) is 13.2. The fourth-order valence-corrected chi connectivity index (χ4v) is 3.46. The lowest BCUT2D eigenvalue weighted by Crippen LogP contribution is -2.32. The quantitative estimate of drug-likeness (QED) is 0.710. The normalized spacial score (nSPS) is 15.2. The first kappa shape index (κ1) is 18.7. The predicted molar refractivity (Wildman–Crippen MR) is 111 cm³/mol. The van der Waals surface area contributed by atoms with Gasteiger partial charge in [-0.25, -0.2) is 9.97 Å². The van der Waals surface area contributed by atoms with E-state index in [1.54, 1.807) is 13.3 Å². The highest BCUT2D eigenvalue weighted by Gasteiger charge is 2.26. The lowest BCUT2D eigenvalue weighted by Gasteiger charge is -2.25. The maximum absolute atomic E-state index is 12.8. The van der Waals surface area contributed by atoms with E-state index < -0.39 is 0 Å². The molecule has 1 amide bonds. The second-order valence-corrected chi connectivity index (χ2v) is 7.00. The number of hydrogen-bond donors (Lipinski definition) is 2. The Hall–Kier alpha value is -3.61. The molecule has 7 heteroatoms. The minimum Gasteiger partial charge on any atom is -0.497 e. The molecular weight excluding hydrogens is 368 g/mol. The molecular formula is C22H22N4O3. The van der Waals surface area contributed by atoms with E-state index in [0.717, 1.165) is 39.6 Å². The van der Waals surface area contributed by atoms with Gasteiger partial charge in [0.15, 0.2) is 0 Å². The molecule has 0 bridgehead atoms. The van der Waals surface area contributed by atoms with Crippen LogP contribution in [0.4, 0.5) is 11.6 Å². The monoisotopic (exact) mass is 390 g/mol. The van der Waals surface area contributed by atoms with Gasteiger partial charge in [-0.2, -0.15) is 0 Å². The molecule has 0 saturated carbocycles. The summed E-state index contributed by atoms with van der Waals surface area (Å²) in [5.41, 5.74) is 10.1. The van der Waals surface area contributed by atoms with E-state index in [1.807, 2.05) is 49.4 Å². The van der Waals surface area contributed by atoms with E-state index in [0.29, 0.717) is 13.0 Å². The number of aromatic nitrogens is 2. The smallest absolute Gasteiger partial charge is 0.231 e. The van der Waals surface area contributed by atoms with Gasteiger partial charge in [0, 0.05) is 17.4 Å². The Morgan fingerprint density at radius 2 is 2.10 bits per heavy atom. The second kappa shape index (κ2) is 7.79. The summed E-state index contributed by atoms with van der Waals surface area (Å²) in [6.07, 6.45) is 2.23. The molecule has 1 aliphatic rings. The third-order valence-corrected chi connectivity index (χ3v) is 4.99. The van der Waals surface area contributed by atoms with E-state index in [4.69, 9.17) is 15.2 Å². The minimum atomic E-state index is -0.267. The second-order valence-electron chi connectivity index (χ2n) is 7.00. The van der Waals surface area contributed by atoms with Crippen LogP contribution in [0, 0.1) is 12.8 Å². The number of carbonyl (C=O) groups is 1. The van der Waals surface area contributed by atoms with Crippen LogP contribution in [0.25, 0.3) is 11.3 Å². The fourth-order valence-electron chi connectivity index (χ4n) is 3.46. The molecule has 1 aromatic heterocycles. The molecule has 3 aromatic rings. The van der Waals surface area contributed by atoms with Crippen molar-refractivity contribution < 1.29 is 14.3 Å². The molecule has 1 aliphatic heterocycles. The number of anilines is 2. The van der Waals surface area contributed by atoms with E-state index in [9.17, 15) is 4.79 Å². The Labute approximate surface area is 168 Å². The lowest BCUT2D eigenvalue weighted by atomic mass is 9.95. The summed E-state index contributed by atoms with van der Waals surface area (Å²) in [5, 5.41) is 2.99. The van der Waals surface area contributed by atoms with Gasteiger partial charge in [-0.15, -0.1) is 0 Å². The van der Waals surface area contributed by atoms with Crippen LogP contribution in [0.5, 0.6) is 11.5 Å². The number of methoxy groups -OCH3 is 1. The Balaban J connectivity index is 1.48. The Morgan fingerprint density at radius 1 is 1.24 bits per heavy atom. The molecule has 29 heavy (non-hydrogen) atoms. The van der Waals surface area contributed by atoms with Crippen LogP contribution < -0.4 is 20.5 Å². The number of amides is 1. The number of fused-ring (bicyclic) bond motifs is 1. The lowest BCUT2D eigenvalue weighted by molar-refractivity contribution is -0.121. The third-order valence-electron chi connectivity index (χ3n) is 4.99. The van der Waals surface area contributed by atoms with Crippen LogP contribution in [0.3, 0.4) is 0 Å². The summed E-state index contributed by atoms with van der Waals surface area (Å²) in [4.78, 5) is 21.0. The van der Waals surface area contributed by atoms with Gasteiger partial charge in [0.1, 0.15) is 18.1 Å². The van der Waals surface area contributed by atoms with E-state index >= 15 is 0 Å². The molecule has 3 N–H and O–H groups in total. The predicted octanol–water partition coefficient (Wildman–Crippen LogP) is 3.23. The van der Waals surface area contributed by atoms with E-state index in [2.05, 4.69) is 15.3 Å². The third kappa shape index (κ3) is 3.99. The van der Waals surface area contributed by atoms with Gasteiger partial charge in [0.2, 0.25) is 11.9 Å². The van der Waals surface area contributed by atoms with Crippen molar-refractivity contribution in [3.05, 3.63) is 59.8 Å². The molecule has 4 rings (SSSR count). The van der Waals surface area contributed by atoms with Crippen LogP contribution in [-0.2, 0) is 11.2 Å². The largest absolute Gasteiger partial charge is 0.497 e. The molecule has 7 nitrogen and oxygen atoms in total. The number of hydrogen-bond acceptors (Lipinski definition) is 6. The Bertz CT molecular complexity index is 1070. The number of rotatable bonds is 4. The highest BCUT2D eigenvalue weighted by Crippen LogP contribution is 2.31. The summed E-state index contributed by atoms with van der Waals surface area (Å²) in [7, 11) is 1.62. The summed E-state index contributed by atoms with van der Waals surface area (Å²) in [6.45, 7) is 2.32. The van der Waals surface area contributed by atoms with Gasteiger partial charge >= 0.3 is 0 Å². The summed E-state index contributed by atoms with van der Waals surface area (Å²) < 4.78 is 11.0. The Kier molecular flexibility index (Phi) is 5.03. The van der Waals surface area contributed by atoms with Crippen LogP contribution in [0.1, 0.15) is 11.1 Å². The van der Waals surface area contributed by atoms with Crippen LogP contribution in [0.2, 0.25) is 0 Å². The number of nitrogens with two attached hydrogens (primary N) is 1. The van der Waals surface area contributed by atoms with Crippen molar-refractivity contribution >= 4 is 17.5 Å². The zero-order chi connectivity index (χ0) is 20.4. The van der Waals surface area contributed by atoms with Gasteiger partial charge < -0.3 is 20.5 Å². The maximum atomic E-state index is 12.8. The average Bonchev–Trinajstić information content (AvgIpc) is 2.73. The van der Waals surface area contributed by atoms with Gasteiger partial charge in [0.05, 0.1) is 18.7 Å². The van der Waals surface area contributed by atoms with Gasteiger partial charge in [-0.05, 0) is 60.9 Å².